The van der Waals surface area contributed by atoms with Crippen molar-refractivity contribution in [2.24, 2.45) is 0 Å². The van der Waals surface area contributed by atoms with Gasteiger partial charge in [-0.05, 0) is 39.3 Å². The fraction of sp³-hybridized carbons (Fsp3) is 0.500. The Morgan fingerprint density at radius 3 is 2.64 bits per heavy atom. The topological polar surface area (TPSA) is 76.1 Å². The largest absolute Gasteiger partial charge is 0.490 e. The molecule has 2 aliphatic heterocycles. The predicted octanol–water partition coefficient (Wildman–Crippen LogP) is 2.61. The highest BCUT2D eigenvalue weighted by Crippen LogP contribution is 2.49. The number of likely N-dealkylation sites (tertiary alicyclic amines) is 1. The van der Waals surface area contributed by atoms with Crippen LogP contribution in [-0.2, 0) is 10.3 Å². The summed E-state index contributed by atoms with van der Waals surface area (Å²) in [6, 6.07) is 4.80. The Bertz CT molecular complexity index is 648. The predicted molar refractivity (Wildman–Crippen MR) is 78.1 cm³/mol. The molecule has 1 amide bonds. The van der Waals surface area contributed by atoms with E-state index in [4.69, 9.17) is 14.6 Å². The van der Waals surface area contributed by atoms with Gasteiger partial charge in [0.25, 0.3) is 0 Å². The van der Waals surface area contributed by atoms with E-state index in [-0.39, 0.29) is 11.7 Å². The number of carbonyl (C=O) groups excluding carboxylic acids is 1. The molecule has 1 aromatic rings. The first-order valence-electron chi connectivity index (χ1n) is 7.24. The van der Waals surface area contributed by atoms with Gasteiger partial charge < -0.3 is 14.6 Å². The molecule has 1 aromatic carbocycles. The quantitative estimate of drug-likeness (QED) is 0.863. The molecule has 0 aromatic heterocycles. The van der Waals surface area contributed by atoms with E-state index in [1.807, 2.05) is 20.8 Å². The lowest BCUT2D eigenvalue weighted by Gasteiger charge is -2.49. The first-order valence-corrected chi connectivity index (χ1v) is 7.24. The summed E-state index contributed by atoms with van der Waals surface area (Å²) >= 11 is 0. The monoisotopic (exact) mass is 305 g/mol. The number of carbonyl (C=O) groups is 2. The lowest BCUT2D eigenvalue weighted by Crippen LogP contribution is -2.61. The number of hydrogen-bond acceptors (Lipinski definition) is 4. The van der Waals surface area contributed by atoms with E-state index in [0.29, 0.717) is 18.9 Å². The highest BCUT2D eigenvalue weighted by Gasteiger charge is 2.55. The molecular formula is C16H19NO5. The van der Waals surface area contributed by atoms with Crippen LogP contribution in [0.5, 0.6) is 5.75 Å². The van der Waals surface area contributed by atoms with Gasteiger partial charge in [0.2, 0.25) is 0 Å². The van der Waals surface area contributed by atoms with Crippen LogP contribution in [0.1, 0.15) is 43.1 Å². The van der Waals surface area contributed by atoms with Crippen molar-refractivity contribution in [2.75, 3.05) is 13.2 Å². The van der Waals surface area contributed by atoms with Crippen molar-refractivity contribution < 1.29 is 24.2 Å². The summed E-state index contributed by atoms with van der Waals surface area (Å²) in [5.74, 6) is -0.460. The highest BCUT2D eigenvalue weighted by molar-refractivity contribution is 5.88. The van der Waals surface area contributed by atoms with Gasteiger partial charge >= 0.3 is 12.1 Å². The SMILES string of the molecule is CC(C)(C)OC(=O)N1CC[C@@]12COc1cc(C(=O)O)ccc12. The molecule has 118 valence electrons. The molecule has 0 saturated carbocycles. The molecule has 1 N–H and O–H groups in total. The van der Waals surface area contributed by atoms with E-state index in [0.717, 1.165) is 12.0 Å². The maximum absolute atomic E-state index is 12.3. The smallest absolute Gasteiger partial charge is 0.411 e. The minimum Gasteiger partial charge on any atom is -0.490 e. The van der Waals surface area contributed by atoms with Crippen molar-refractivity contribution in [3.63, 3.8) is 0 Å². The van der Waals surface area contributed by atoms with Crippen LogP contribution in [0.25, 0.3) is 0 Å². The minimum absolute atomic E-state index is 0.180. The number of fused-ring (bicyclic) bond motifs is 2. The first kappa shape index (κ1) is 14.7. The fourth-order valence-electron chi connectivity index (χ4n) is 2.94. The van der Waals surface area contributed by atoms with Gasteiger partial charge in [-0.25, -0.2) is 9.59 Å². The third-order valence-corrected chi connectivity index (χ3v) is 4.08. The van der Waals surface area contributed by atoms with Crippen LogP contribution >= 0.6 is 0 Å². The van der Waals surface area contributed by atoms with E-state index in [1.54, 1.807) is 17.0 Å². The van der Waals surface area contributed by atoms with Crippen LogP contribution in [-0.4, -0.2) is 40.8 Å². The number of rotatable bonds is 1. The molecule has 1 saturated heterocycles. The molecule has 3 rings (SSSR count). The Balaban J connectivity index is 1.88. The van der Waals surface area contributed by atoms with Crippen LogP contribution in [0.2, 0.25) is 0 Å². The normalized spacial score (nSPS) is 22.8. The molecule has 0 bridgehead atoms. The van der Waals surface area contributed by atoms with Crippen molar-refractivity contribution in [1.82, 2.24) is 4.90 Å². The number of benzene rings is 1. The standard InChI is InChI=1S/C16H19NO5/c1-15(2,3)22-14(20)17-7-6-16(17)9-21-12-8-10(13(18)19)4-5-11(12)16/h4-5,8H,6-7,9H2,1-3H3,(H,18,19)/t16-/m0/s1. The Morgan fingerprint density at radius 1 is 1.36 bits per heavy atom. The molecule has 0 radical (unpaired) electrons. The third kappa shape index (κ3) is 2.19. The van der Waals surface area contributed by atoms with Gasteiger partial charge in [-0.15, -0.1) is 0 Å². The van der Waals surface area contributed by atoms with E-state index in [2.05, 4.69) is 0 Å². The van der Waals surface area contributed by atoms with Crippen molar-refractivity contribution >= 4 is 12.1 Å². The second-order valence-corrected chi connectivity index (χ2v) is 6.72. The van der Waals surface area contributed by atoms with E-state index in [9.17, 15) is 9.59 Å². The van der Waals surface area contributed by atoms with E-state index >= 15 is 0 Å². The summed E-state index contributed by atoms with van der Waals surface area (Å²) in [5.41, 5.74) is -0.0357. The van der Waals surface area contributed by atoms with Gasteiger partial charge in [0, 0.05) is 12.1 Å². The number of carboxylic acid groups (broad SMARTS) is 1. The number of amides is 1. The van der Waals surface area contributed by atoms with Crippen LogP contribution in [0.15, 0.2) is 18.2 Å². The average Bonchev–Trinajstić information content (AvgIpc) is 2.75. The number of hydrogen-bond donors (Lipinski definition) is 1. The zero-order valence-corrected chi connectivity index (χ0v) is 12.9. The van der Waals surface area contributed by atoms with Gasteiger partial charge in [-0.1, -0.05) is 6.07 Å². The first-order chi connectivity index (χ1) is 10.2. The van der Waals surface area contributed by atoms with Gasteiger partial charge in [0.05, 0.1) is 5.56 Å². The number of ether oxygens (including phenoxy) is 2. The molecule has 0 unspecified atom stereocenters. The van der Waals surface area contributed by atoms with Crippen molar-refractivity contribution in [3.8, 4) is 5.75 Å². The van der Waals surface area contributed by atoms with E-state index < -0.39 is 17.1 Å². The molecule has 2 aliphatic rings. The second kappa shape index (κ2) is 4.63. The van der Waals surface area contributed by atoms with Crippen LogP contribution < -0.4 is 4.74 Å². The molecule has 1 fully saturated rings. The maximum atomic E-state index is 12.3. The summed E-state index contributed by atoms with van der Waals surface area (Å²) in [4.78, 5) is 25.0. The van der Waals surface area contributed by atoms with E-state index in [1.165, 1.54) is 6.07 Å². The Kier molecular flexibility index (Phi) is 3.09. The highest BCUT2D eigenvalue weighted by atomic mass is 16.6. The fourth-order valence-corrected chi connectivity index (χ4v) is 2.94. The molecule has 1 spiro atoms. The average molecular weight is 305 g/mol. The van der Waals surface area contributed by atoms with Crippen molar-refractivity contribution in [3.05, 3.63) is 29.3 Å². The lowest BCUT2D eigenvalue weighted by atomic mass is 9.80. The molecule has 6 heteroatoms. The summed E-state index contributed by atoms with van der Waals surface area (Å²) in [5, 5.41) is 9.05. The maximum Gasteiger partial charge on any atom is 0.411 e. The van der Waals surface area contributed by atoms with Gasteiger partial charge in [0.1, 0.15) is 23.5 Å². The van der Waals surface area contributed by atoms with Gasteiger partial charge in [-0.2, -0.15) is 0 Å². The second-order valence-electron chi connectivity index (χ2n) is 6.72. The van der Waals surface area contributed by atoms with Crippen LogP contribution in [0.3, 0.4) is 0 Å². The molecule has 22 heavy (non-hydrogen) atoms. The Morgan fingerprint density at radius 2 is 2.09 bits per heavy atom. The summed E-state index contributed by atoms with van der Waals surface area (Å²) in [6.45, 7) is 6.43. The van der Waals surface area contributed by atoms with Crippen molar-refractivity contribution in [1.29, 1.82) is 0 Å². The summed E-state index contributed by atoms with van der Waals surface area (Å²) < 4.78 is 11.1. The molecule has 2 heterocycles. The number of aromatic carboxylic acids is 1. The Labute approximate surface area is 128 Å². The van der Waals surface area contributed by atoms with Gasteiger partial charge in [-0.3, -0.25) is 4.90 Å². The third-order valence-electron chi connectivity index (χ3n) is 4.08. The minimum atomic E-state index is -0.995. The molecule has 1 atom stereocenters. The summed E-state index contributed by atoms with van der Waals surface area (Å²) in [6.07, 6.45) is 0.420. The van der Waals surface area contributed by atoms with Crippen molar-refractivity contribution in [2.45, 2.75) is 38.3 Å². The van der Waals surface area contributed by atoms with Gasteiger partial charge in [0.15, 0.2) is 0 Å². The lowest BCUT2D eigenvalue weighted by molar-refractivity contribution is -0.0539. The summed E-state index contributed by atoms with van der Waals surface area (Å²) in [7, 11) is 0. The van der Waals surface area contributed by atoms with Crippen LogP contribution in [0.4, 0.5) is 4.79 Å². The van der Waals surface area contributed by atoms with Crippen LogP contribution in [0, 0.1) is 0 Å². The number of carboxylic acids is 1. The Hall–Kier alpha value is -2.24. The number of nitrogens with zero attached hydrogens (tertiary/aromatic N) is 1. The molecular weight excluding hydrogens is 286 g/mol. The zero-order valence-electron chi connectivity index (χ0n) is 12.9. The molecule has 0 aliphatic carbocycles. The molecule has 6 nitrogen and oxygen atoms in total. The zero-order chi connectivity index (χ0) is 16.1.